The van der Waals surface area contributed by atoms with Crippen molar-refractivity contribution in [2.45, 2.75) is 0 Å². The van der Waals surface area contributed by atoms with E-state index in [4.69, 9.17) is 5.73 Å². The second-order valence-electron chi connectivity index (χ2n) is 3.18. The van der Waals surface area contributed by atoms with Crippen molar-refractivity contribution in [1.29, 1.82) is 0 Å². The lowest BCUT2D eigenvalue weighted by Crippen LogP contribution is -2.23. The maximum Gasteiger partial charge on any atom is 0.404 e. The summed E-state index contributed by atoms with van der Waals surface area (Å²) in [5.74, 6) is 0. The Kier molecular flexibility index (Phi) is 5.73. The Bertz CT molecular complexity index is 336. The zero-order valence-corrected chi connectivity index (χ0v) is 9.06. The highest BCUT2D eigenvalue weighted by molar-refractivity contribution is 5.64. The minimum Gasteiger partial charge on any atom is -0.448 e. The van der Waals surface area contributed by atoms with Gasteiger partial charge in [-0.2, -0.15) is 0 Å². The summed E-state index contributed by atoms with van der Waals surface area (Å²) in [7, 11) is 0. The lowest BCUT2D eigenvalue weighted by atomic mass is 10.2. The Morgan fingerprint density at radius 3 is 2.81 bits per heavy atom. The number of carbonyl (C=O) groups excluding carboxylic acids is 1. The first-order chi connectivity index (χ1) is 7.79. The van der Waals surface area contributed by atoms with E-state index in [9.17, 15) is 4.79 Å². The van der Waals surface area contributed by atoms with Gasteiger partial charge in [-0.1, -0.05) is 42.5 Å². The largest absolute Gasteiger partial charge is 0.448 e. The number of rotatable bonds is 6. The third kappa shape index (κ3) is 5.82. The molecule has 0 spiro atoms. The van der Waals surface area contributed by atoms with Crippen LogP contribution >= 0.6 is 0 Å². The zero-order chi connectivity index (χ0) is 11.6. The Hall–Kier alpha value is -1.81. The van der Waals surface area contributed by atoms with Gasteiger partial charge in [0.25, 0.3) is 0 Å². The first kappa shape index (κ1) is 12.3. The highest BCUT2D eigenvalue weighted by Gasteiger charge is 1.90. The van der Waals surface area contributed by atoms with Crippen LogP contribution in [0.1, 0.15) is 5.56 Å². The number of ether oxygens (including phenoxy) is 1. The summed E-state index contributed by atoms with van der Waals surface area (Å²) in [4.78, 5) is 10.2. The van der Waals surface area contributed by atoms with Crippen LogP contribution in [0.2, 0.25) is 0 Å². The van der Waals surface area contributed by atoms with E-state index in [-0.39, 0.29) is 0 Å². The Balaban J connectivity index is 2.07. The van der Waals surface area contributed by atoms with E-state index in [0.717, 1.165) is 12.1 Å². The molecule has 0 radical (unpaired) electrons. The number of amides is 1. The fraction of sp³-hybridized carbons (Fsp3) is 0.250. The van der Waals surface area contributed by atoms with Crippen molar-refractivity contribution in [3.8, 4) is 0 Å². The lowest BCUT2D eigenvalue weighted by molar-refractivity contribution is 0.157. The fourth-order valence-corrected chi connectivity index (χ4v) is 1.17. The standard InChI is InChI=1S/C12H16N2O2/c13-12(15)16-10-9-14-8-4-7-11-5-2-1-3-6-11/h1-7,14H,8-10H2,(H2,13,15)/b7-4+. The molecule has 4 nitrogen and oxygen atoms in total. The van der Waals surface area contributed by atoms with Crippen LogP contribution in [-0.4, -0.2) is 25.8 Å². The van der Waals surface area contributed by atoms with E-state index < -0.39 is 6.09 Å². The maximum absolute atomic E-state index is 10.2. The van der Waals surface area contributed by atoms with Gasteiger partial charge in [-0.25, -0.2) is 4.79 Å². The topological polar surface area (TPSA) is 64.4 Å². The molecule has 0 atom stereocenters. The van der Waals surface area contributed by atoms with E-state index >= 15 is 0 Å². The molecule has 0 fully saturated rings. The molecule has 0 saturated carbocycles. The minimum atomic E-state index is -0.735. The van der Waals surface area contributed by atoms with Crippen LogP contribution in [0.25, 0.3) is 6.08 Å². The van der Waals surface area contributed by atoms with Crippen LogP contribution in [0.4, 0.5) is 4.79 Å². The fourth-order valence-electron chi connectivity index (χ4n) is 1.17. The molecule has 0 heterocycles. The van der Waals surface area contributed by atoms with E-state index in [1.54, 1.807) is 0 Å². The van der Waals surface area contributed by atoms with Gasteiger partial charge in [-0.05, 0) is 5.56 Å². The molecule has 3 N–H and O–H groups in total. The van der Waals surface area contributed by atoms with Crippen LogP contribution in [0.5, 0.6) is 0 Å². The van der Waals surface area contributed by atoms with Gasteiger partial charge >= 0.3 is 6.09 Å². The molecule has 0 saturated heterocycles. The lowest BCUT2D eigenvalue weighted by Gasteiger charge is -2.01. The summed E-state index contributed by atoms with van der Waals surface area (Å²) in [5, 5.41) is 3.09. The van der Waals surface area contributed by atoms with Crippen LogP contribution in [0.15, 0.2) is 36.4 Å². The highest BCUT2D eigenvalue weighted by atomic mass is 16.5. The van der Waals surface area contributed by atoms with Crippen LogP contribution < -0.4 is 11.1 Å². The first-order valence-corrected chi connectivity index (χ1v) is 5.13. The van der Waals surface area contributed by atoms with Gasteiger partial charge in [0.15, 0.2) is 0 Å². The summed E-state index contributed by atoms with van der Waals surface area (Å²) in [6.07, 6.45) is 3.31. The Labute approximate surface area is 95.1 Å². The molecule has 16 heavy (non-hydrogen) atoms. The van der Waals surface area contributed by atoms with Crippen molar-refractivity contribution < 1.29 is 9.53 Å². The van der Waals surface area contributed by atoms with Crippen molar-refractivity contribution >= 4 is 12.2 Å². The molecule has 0 aromatic heterocycles. The van der Waals surface area contributed by atoms with Crippen molar-refractivity contribution in [2.24, 2.45) is 5.73 Å². The smallest absolute Gasteiger partial charge is 0.404 e. The van der Waals surface area contributed by atoms with Crippen LogP contribution in [-0.2, 0) is 4.74 Å². The van der Waals surface area contributed by atoms with E-state index in [1.165, 1.54) is 0 Å². The van der Waals surface area contributed by atoms with E-state index in [0.29, 0.717) is 13.2 Å². The van der Waals surface area contributed by atoms with Gasteiger partial charge in [-0.15, -0.1) is 0 Å². The predicted octanol–water partition coefficient (Wildman–Crippen LogP) is 1.38. The molecule has 4 heteroatoms. The van der Waals surface area contributed by atoms with Gasteiger partial charge in [0, 0.05) is 13.1 Å². The first-order valence-electron chi connectivity index (χ1n) is 5.13. The number of primary amides is 1. The summed E-state index contributed by atoms with van der Waals surface area (Å²) in [6, 6.07) is 10.0. The number of hydrogen-bond acceptors (Lipinski definition) is 3. The third-order valence-corrected chi connectivity index (χ3v) is 1.90. The van der Waals surface area contributed by atoms with Gasteiger partial charge in [0.05, 0.1) is 0 Å². The SMILES string of the molecule is NC(=O)OCCNC/C=C/c1ccccc1. The number of nitrogens with one attached hydrogen (secondary N) is 1. The number of carbonyl (C=O) groups is 1. The minimum absolute atomic E-state index is 0.300. The van der Waals surface area contributed by atoms with Crippen molar-refractivity contribution in [3.05, 3.63) is 42.0 Å². The molecule has 1 aromatic carbocycles. The molecule has 1 amide bonds. The molecule has 0 unspecified atom stereocenters. The Morgan fingerprint density at radius 2 is 2.12 bits per heavy atom. The zero-order valence-electron chi connectivity index (χ0n) is 9.06. The van der Waals surface area contributed by atoms with Gasteiger partial charge < -0.3 is 15.8 Å². The van der Waals surface area contributed by atoms with E-state index in [2.05, 4.69) is 10.1 Å². The van der Waals surface area contributed by atoms with Crippen molar-refractivity contribution in [2.75, 3.05) is 19.7 Å². The average Bonchev–Trinajstić information content (AvgIpc) is 2.29. The molecule has 1 aromatic rings. The van der Waals surface area contributed by atoms with Crippen molar-refractivity contribution in [3.63, 3.8) is 0 Å². The third-order valence-electron chi connectivity index (χ3n) is 1.90. The second kappa shape index (κ2) is 7.48. The van der Waals surface area contributed by atoms with Gasteiger partial charge in [-0.3, -0.25) is 0 Å². The Morgan fingerprint density at radius 1 is 1.38 bits per heavy atom. The summed E-state index contributed by atoms with van der Waals surface area (Å²) < 4.78 is 4.56. The normalized spacial score (nSPS) is 10.5. The summed E-state index contributed by atoms with van der Waals surface area (Å²) in [5.41, 5.74) is 5.97. The van der Waals surface area contributed by atoms with Crippen molar-refractivity contribution in [1.82, 2.24) is 5.32 Å². The second-order valence-corrected chi connectivity index (χ2v) is 3.18. The number of nitrogens with two attached hydrogens (primary N) is 1. The number of benzene rings is 1. The average molecular weight is 220 g/mol. The predicted molar refractivity (Wildman–Crippen MR) is 63.9 cm³/mol. The molecule has 0 aliphatic rings. The molecule has 1 rings (SSSR count). The highest BCUT2D eigenvalue weighted by Crippen LogP contribution is 1.99. The summed E-state index contributed by atoms with van der Waals surface area (Å²) >= 11 is 0. The van der Waals surface area contributed by atoms with Gasteiger partial charge in [0.1, 0.15) is 6.61 Å². The monoisotopic (exact) mass is 220 g/mol. The maximum atomic E-state index is 10.2. The molecule has 0 aliphatic carbocycles. The molecular weight excluding hydrogens is 204 g/mol. The summed E-state index contributed by atoms with van der Waals surface area (Å²) in [6.45, 7) is 1.63. The molecular formula is C12H16N2O2. The van der Waals surface area contributed by atoms with Crippen LogP contribution in [0.3, 0.4) is 0 Å². The quantitative estimate of drug-likeness (QED) is 0.712. The molecule has 86 valence electrons. The number of hydrogen-bond donors (Lipinski definition) is 2. The van der Waals surface area contributed by atoms with Gasteiger partial charge in [0.2, 0.25) is 0 Å². The van der Waals surface area contributed by atoms with E-state index in [1.807, 2.05) is 42.5 Å². The molecule has 0 aliphatic heterocycles. The molecule has 0 bridgehead atoms. The van der Waals surface area contributed by atoms with Crippen LogP contribution in [0, 0.1) is 0 Å².